The smallest absolute Gasteiger partial charge is 0.00199 e. The lowest BCUT2D eigenvalue weighted by atomic mass is 9.86. The molecule has 194 valence electrons. The van der Waals surface area contributed by atoms with E-state index in [1.54, 1.807) is 0 Å². The molecule has 0 atom stereocenters. The summed E-state index contributed by atoms with van der Waals surface area (Å²) in [7, 11) is 0. The number of rotatable bonds is 1. The van der Waals surface area contributed by atoms with Gasteiger partial charge in [-0.05, 0) is 147 Å². The molecule has 0 amide bonds. The van der Waals surface area contributed by atoms with Gasteiger partial charge >= 0.3 is 0 Å². The van der Waals surface area contributed by atoms with Crippen molar-refractivity contribution >= 4 is 86.2 Å². The summed E-state index contributed by atoms with van der Waals surface area (Å²) in [6.07, 6.45) is 0. The van der Waals surface area contributed by atoms with E-state index in [1.165, 1.54) is 108 Å². The molecule has 42 heavy (non-hydrogen) atoms. The number of fused-ring (bicyclic) bond motifs is 10. The third-order valence-corrected chi connectivity index (χ3v) is 9.97. The van der Waals surface area contributed by atoms with Crippen LogP contribution in [0.4, 0.5) is 0 Å². The van der Waals surface area contributed by atoms with Crippen LogP contribution in [-0.4, -0.2) is 0 Å². The van der Waals surface area contributed by atoms with Crippen LogP contribution >= 0.6 is 0 Å². The summed E-state index contributed by atoms with van der Waals surface area (Å²) in [6, 6.07) is 46.0. The van der Waals surface area contributed by atoms with Crippen molar-refractivity contribution in [2.24, 2.45) is 0 Å². The van der Waals surface area contributed by atoms with Gasteiger partial charge in [0.05, 0.1) is 0 Å². The second kappa shape index (κ2) is 7.75. The van der Waals surface area contributed by atoms with Gasteiger partial charge < -0.3 is 0 Å². The average Bonchev–Trinajstić information content (AvgIpc) is 3.51. The SMILES string of the molecule is Cc1cccc(C)c1-c1cc2c(cc3c4ccccc4c4cccc2c43)c2cc3c(cc12)c1cccc2cccc3c21. The molecule has 0 aliphatic rings. The van der Waals surface area contributed by atoms with Gasteiger partial charge in [0.15, 0.2) is 0 Å². The molecule has 0 heterocycles. The van der Waals surface area contributed by atoms with Gasteiger partial charge in [-0.25, -0.2) is 0 Å². The predicted molar refractivity (Wildman–Crippen MR) is 184 cm³/mol. The van der Waals surface area contributed by atoms with Crippen molar-refractivity contribution in [3.05, 3.63) is 132 Å². The quantitative estimate of drug-likeness (QED) is 0.185. The van der Waals surface area contributed by atoms with E-state index >= 15 is 0 Å². The summed E-state index contributed by atoms with van der Waals surface area (Å²) in [5.41, 5.74) is 5.32. The van der Waals surface area contributed by atoms with E-state index in [2.05, 4.69) is 135 Å². The number of aryl methyl sites for hydroxylation is 2. The van der Waals surface area contributed by atoms with Gasteiger partial charge in [0.25, 0.3) is 0 Å². The zero-order valence-corrected chi connectivity index (χ0v) is 23.5. The van der Waals surface area contributed by atoms with Crippen molar-refractivity contribution < 1.29 is 0 Å². The monoisotopic (exact) mass is 530 g/mol. The zero-order valence-electron chi connectivity index (χ0n) is 23.5. The molecule has 10 aromatic carbocycles. The molecule has 0 N–H and O–H groups in total. The molecular weight excluding hydrogens is 504 g/mol. The van der Waals surface area contributed by atoms with E-state index in [-0.39, 0.29) is 0 Å². The zero-order chi connectivity index (χ0) is 27.7. The largest absolute Gasteiger partial charge is 0.0617 e. The molecular formula is C42H26. The van der Waals surface area contributed by atoms with Gasteiger partial charge in [-0.3, -0.25) is 0 Å². The van der Waals surface area contributed by atoms with Crippen molar-refractivity contribution in [3.63, 3.8) is 0 Å². The lowest BCUT2D eigenvalue weighted by Gasteiger charge is -2.17. The maximum atomic E-state index is 2.50. The Balaban J connectivity index is 1.51. The van der Waals surface area contributed by atoms with E-state index in [0.717, 1.165) is 0 Å². The van der Waals surface area contributed by atoms with Gasteiger partial charge in [-0.1, -0.05) is 97.1 Å². The minimum atomic E-state index is 1.31. The van der Waals surface area contributed by atoms with E-state index < -0.39 is 0 Å². The Morgan fingerprint density at radius 1 is 0.310 bits per heavy atom. The van der Waals surface area contributed by atoms with Crippen LogP contribution in [0.3, 0.4) is 0 Å². The third-order valence-electron chi connectivity index (χ3n) is 9.97. The Labute approximate surface area is 243 Å². The molecule has 0 aliphatic heterocycles. The summed E-state index contributed by atoms with van der Waals surface area (Å²) in [5, 5.41) is 21.5. The molecule has 0 radical (unpaired) electrons. The van der Waals surface area contributed by atoms with Crippen LogP contribution < -0.4 is 0 Å². The molecule has 0 nitrogen and oxygen atoms in total. The first kappa shape index (κ1) is 22.5. The standard InChI is InChI=1S/C42H26/c1-23-9-5-10-24(2)40(23)39-21-34-31-18-8-17-28-26-13-3-4-14-27(26)38(42(28)31)22-36(34)35-19-32-29-15-6-11-25-12-7-16-30(41(25)29)33(32)20-37(35)39/h3-22H,1-2H3. The highest BCUT2D eigenvalue weighted by molar-refractivity contribution is 6.38. The van der Waals surface area contributed by atoms with Crippen LogP contribution in [0, 0.1) is 13.8 Å². The van der Waals surface area contributed by atoms with Crippen LogP contribution in [0.1, 0.15) is 11.1 Å². The minimum absolute atomic E-state index is 1.31. The second-order valence-electron chi connectivity index (χ2n) is 12.1. The molecule has 0 heteroatoms. The number of hydrogen-bond donors (Lipinski definition) is 0. The summed E-state index contributed by atoms with van der Waals surface area (Å²) in [4.78, 5) is 0. The van der Waals surface area contributed by atoms with Crippen molar-refractivity contribution in [2.75, 3.05) is 0 Å². The second-order valence-corrected chi connectivity index (χ2v) is 12.1. The Kier molecular flexibility index (Phi) is 4.15. The van der Waals surface area contributed by atoms with Crippen molar-refractivity contribution in [3.8, 4) is 11.1 Å². The van der Waals surface area contributed by atoms with E-state index in [0.29, 0.717) is 0 Å². The van der Waals surface area contributed by atoms with E-state index in [4.69, 9.17) is 0 Å². The molecule has 0 saturated carbocycles. The molecule has 0 aromatic heterocycles. The fraction of sp³-hybridized carbons (Fsp3) is 0.0476. The minimum Gasteiger partial charge on any atom is -0.0617 e. The number of benzene rings is 8. The fourth-order valence-electron chi connectivity index (χ4n) is 8.22. The maximum Gasteiger partial charge on any atom is -0.00199 e. The van der Waals surface area contributed by atoms with Crippen LogP contribution in [-0.2, 0) is 0 Å². The lowest BCUT2D eigenvalue weighted by Crippen LogP contribution is -1.91. The predicted octanol–water partition coefficient (Wildman–Crippen LogP) is 12.1. The van der Waals surface area contributed by atoms with Crippen LogP contribution in [0.2, 0.25) is 0 Å². The Hall–Kier alpha value is -5.20. The van der Waals surface area contributed by atoms with Crippen molar-refractivity contribution in [1.29, 1.82) is 0 Å². The maximum absolute atomic E-state index is 2.50. The van der Waals surface area contributed by atoms with Crippen molar-refractivity contribution in [1.82, 2.24) is 0 Å². The topological polar surface area (TPSA) is 0 Å². The summed E-state index contributed by atoms with van der Waals surface area (Å²) in [6.45, 7) is 4.51. The molecule has 0 saturated heterocycles. The molecule has 10 rings (SSSR count). The lowest BCUT2D eigenvalue weighted by molar-refractivity contribution is 1.39. The first-order valence-corrected chi connectivity index (χ1v) is 14.9. The van der Waals surface area contributed by atoms with Gasteiger partial charge in [0.1, 0.15) is 0 Å². The fourth-order valence-corrected chi connectivity index (χ4v) is 8.22. The normalized spacial score (nSPS) is 12.5. The Bertz CT molecular complexity index is 2720. The Morgan fingerprint density at radius 2 is 0.738 bits per heavy atom. The van der Waals surface area contributed by atoms with Gasteiger partial charge in [-0.15, -0.1) is 0 Å². The van der Waals surface area contributed by atoms with Gasteiger partial charge in [0.2, 0.25) is 0 Å². The molecule has 0 fully saturated rings. The molecule has 0 bridgehead atoms. The van der Waals surface area contributed by atoms with Gasteiger partial charge in [-0.2, -0.15) is 0 Å². The first-order valence-electron chi connectivity index (χ1n) is 14.9. The highest BCUT2D eigenvalue weighted by Crippen LogP contribution is 2.48. The van der Waals surface area contributed by atoms with E-state index in [9.17, 15) is 0 Å². The first-order chi connectivity index (χ1) is 20.7. The van der Waals surface area contributed by atoms with E-state index in [1.807, 2.05) is 0 Å². The van der Waals surface area contributed by atoms with Crippen molar-refractivity contribution in [2.45, 2.75) is 13.8 Å². The number of hydrogen-bond acceptors (Lipinski definition) is 0. The average molecular weight is 531 g/mol. The summed E-state index contributed by atoms with van der Waals surface area (Å²) >= 11 is 0. The summed E-state index contributed by atoms with van der Waals surface area (Å²) < 4.78 is 0. The highest BCUT2D eigenvalue weighted by atomic mass is 14.2. The van der Waals surface area contributed by atoms with Crippen LogP contribution in [0.5, 0.6) is 0 Å². The Morgan fingerprint density at radius 3 is 1.43 bits per heavy atom. The highest BCUT2D eigenvalue weighted by Gasteiger charge is 2.20. The molecule has 10 aromatic rings. The molecule has 0 aliphatic carbocycles. The van der Waals surface area contributed by atoms with Gasteiger partial charge in [0, 0.05) is 0 Å². The van der Waals surface area contributed by atoms with Crippen LogP contribution in [0.25, 0.3) is 97.3 Å². The molecule has 0 spiro atoms. The van der Waals surface area contributed by atoms with Crippen LogP contribution in [0.15, 0.2) is 121 Å². The molecule has 0 unspecified atom stereocenters. The summed E-state index contributed by atoms with van der Waals surface area (Å²) in [5.74, 6) is 0. The third kappa shape index (κ3) is 2.68.